The van der Waals surface area contributed by atoms with Gasteiger partial charge in [-0.1, -0.05) is 0 Å². The Morgan fingerprint density at radius 3 is 1.27 bits per heavy atom. The maximum absolute atomic E-state index is 9.04. The van der Waals surface area contributed by atoms with Crippen LogP contribution in [0.25, 0.3) is 11.1 Å². The van der Waals surface area contributed by atoms with Crippen LogP contribution in [0.1, 0.15) is 33.4 Å². The van der Waals surface area contributed by atoms with E-state index in [-0.39, 0.29) is 13.2 Å². The molecule has 0 saturated carbocycles. The molecule has 0 saturated heterocycles. The largest absolute Gasteiger partial charge is 0.491 e. The van der Waals surface area contributed by atoms with Gasteiger partial charge in [0.2, 0.25) is 0 Å². The van der Waals surface area contributed by atoms with E-state index in [1.165, 1.54) is 22.3 Å². The van der Waals surface area contributed by atoms with Gasteiger partial charge in [-0.2, -0.15) is 0 Å². The molecule has 2 rings (SSSR count). The Morgan fingerprint density at radius 1 is 0.615 bits per heavy atom. The van der Waals surface area contributed by atoms with E-state index >= 15 is 0 Å². The van der Waals surface area contributed by atoms with E-state index in [1.54, 1.807) is 0 Å². The van der Waals surface area contributed by atoms with E-state index in [9.17, 15) is 0 Å². The Hall–Kier alpha value is -2.04. The van der Waals surface area contributed by atoms with Crippen molar-refractivity contribution in [3.63, 3.8) is 0 Å². The first-order valence-electron chi connectivity index (χ1n) is 9.02. The van der Waals surface area contributed by atoms with Crippen LogP contribution in [0.3, 0.4) is 0 Å². The smallest absolute Gasteiger partial charge is 0.125 e. The second kappa shape index (κ2) is 8.56. The molecule has 0 heterocycles. The minimum absolute atomic E-state index is 0.00643. The summed E-state index contributed by atoms with van der Waals surface area (Å²) in [5.74, 6) is 1.71. The van der Waals surface area contributed by atoms with Crippen molar-refractivity contribution in [3.8, 4) is 22.6 Å². The number of aliphatic hydroxyl groups excluding tert-OH is 2. The lowest BCUT2D eigenvalue weighted by Gasteiger charge is -2.21. The molecule has 0 aliphatic heterocycles. The molecule has 0 spiro atoms. The topological polar surface area (TPSA) is 58.9 Å². The fraction of sp³-hybridized carbons (Fsp3) is 0.455. The van der Waals surface area contributed by atoms with E-state index in [4.69, 9.17) is 19.7 Å². The number of hydrogen-bond donors (Lipinski definition) is 2. The third-order valence-corrected chi connectivity index (χ3v) is 5.02. The fourth-order valence-electron chi connectivity index (χ4n) is 3.42. The van der Waals surface area contributed by atoms with Gasteiger partial charge in [0.05, 0.1) is 13.2 Å². The molecule has 4 nitrogen and oxygen atoms in total. The first-order chi connectivity index (χ1) is 12.3. The van der Waals surface area contributed by atoms with E-state index < -0.39 is 0 Å². The van der Waals surface area contributed by atoms with Crippen LogP contribution in [-0.2, 0) is 0 Å². The Bertz CT molecular complexity index is 726. The molecule has 0 aliphatic carbocycles. The van der Waals surface area contributed by atoms with Crippen molar-refractivity contribution in [2.75, 3.05) is 26.4 Å². The normalized spacial score (nSPS) is 10.9. The Labute approximate surface area is 156 Å². The molecule has 0 amide bonds. The van der Waals surface area contributed by atoms with Gasteiger partial charge < -0.3 is 19.7 Å². The van der Waals surface area contributed by atoms with Crippen molar-refractivity contribution in [3.05, 3.63) is 45.5 Å². The molecule has 0 fully saturated rings. The summed E-state index contributed by atoms with van der Waals surface area (Å²) in [5, 5.41) is 18.1. The Kier molecular flexibility index (Phi) is 6.68. The molecular formula is C22H30O4. The van der Waals surface area contributed by atoms with E-state index in [0.717, 1.165) is 33.8 Å². The van der Waals surface area contributed by atoms with Crippen LogP contribution in [0.15, 0.2) is 12.1 Å². The van der Waals surface area contributed by atoms with Crippen molar-refractivity contribution in [2.24, 2.45) is 0 Å². The maximum atomic E-state index is 9.04. The minimum atomic E-state index is 0.00643. The Balaban J connectivity index is 2.58. The lowest BCUT2D eigenvalue weighted by atomic mass is 9.88. The van der Waals surface area contributed by atoms with Crippen LogP contribution in [0.2, 0.25) is 0 Å². The third-order valence-electron chi connectivity index (χ3n) is 5.02. The number of hydrogen-bond acceptors (Lipinski definition) is 4. The van der Waals surface area contributed by atoms with Crippen molar-refractivity contribution in [1.29, 1.82) is 0 Å². The molecule has 2 aromatic carbocycles. The highest BCUT2D eigenvalue weighted by molar-refractivity contribution is 5.77. The zero-order valence-electron chi connectivity index (χ0n) is 16.7. The molecule has 0 bridgehead atoms. The van der Waals surface area contributed by atoms with Crippen molar-refractivity contribution in [2.45, 2.75) is 41.5 Å². The lowest BCUT2D eigenvalue weighted by Crippen LogP contribution is -2.07. The second-order valence-electron chi connectivity index (χ2n) is 6.78. The molecule has 2 N–H and O–H groups in total. The number of ether oxygens (including phenoxy) is 2. The predicted octanol–water partition coefficient (Wildman–Crippen LogP) is 3.95. The van der Waals surface area contributed by atoms with Crippen molar-refractivity contribution < 1.29 is 19.7 Å². The number of benzene rings is 2. The molecule has 0 unspecified atom stereocenters. The van der Waals surface area contributed by atoms with Gasteiger partial charge in [-0.3, -0.25) is 0 Å². The molecule has 4 heteroatoms. The van der Waals surface area contributed by atoms with Gasteiger partial charge in [-0.25, -0.2) is 0 Å². The van der Waals surface area contributed by atoms with E-state index in [1.807, 2.05) is 13.8 Å². The maximum Gasteiger partial charge on any atom is 0.125 e. The van der Waals surface area contributed by atoms with Crippen LogP contribution >= 0.6 is 0 Å². The van der Waals surface area contributed by atoms with E-state index in [2.05, 4.69) is 39.8 Å². The van der Waals surface area contributed by atoms with Gasteiger partial charge in [0.25, 0.3) is 0 Å². The molecule has 0 radical (unpaired) electrons. The van der Waals surface area contributed by atoms with Gasteiger partial charge >= 0.3 is 0 Å². The Morgan fingerprint density at radius 2 is 0.962 bits per heavy atom. The summed E-state index contributed by atoms with van der Waals surface area (Å²) in [6.45, 7) is 13.0. The first kappa shape index (κ1) is 20.3. The summed E-state index contributed by atoms with van der Waals surface area (Å²) in [4.78, 5) is 0. The number of aliphatic hydroxyl groups is 2. The fourth-order valence-corrected chi connectivity index (χ4v) is 3.42. The number of rotatable bonds is 7. The summed E-state index contributed by atoms with van der Waals surface area (Å²) in [5.41, 5.74) is 9.05. The van der Waals surface area contributed by atoms with E-state index in [0.29, 0.717) is 13.2 Å². The van der Waals surface area contributed by atoms with Gasteiger partial charge in [0.15, 0.2) is 0 Å². The summed E-state index contributed by atoms with van der Waals surface area (Å²) >= 11 is 0. The van der Waals surface area contributed by atoms with Crippen LogP contribution in [0.4, 0.5) is 0 Å². The molecule has 0 atom stereocenters. The summed E-state index contributed by atoms with van der Waals surface area (Å²) in [6, 6.07) is 4.31. The van der Waals surface area contributed by atoms with Gasteiger partial charge in [-0.15, -0.1) is 0 Å². The molecule has 142 valence electrons. The third kappa shape index (κ3) is 3.87. The zero-order chi connectivity index (χ0) is 19.4. The van der Waals surface area contributed by atoms with Gasteiger partial charge in [0.1, 0.15) is 24.7 Å². The van der Waals surface area contributed by atoms with Crippen LogP contribution in [-0.4, -0.2) is 36.6 Å². The molecule has 2 aromatic rings. The molecule has 26 heavy (non-hydrogen) atoms. The molecule has 0 aliphatic rings. The van der Waals surface area contributed by atoms with Gasteiger partial charge in [0, 0.05) is 0 Å². The number of aryl methyl sites for hydroxylation is 2. The van der Waals surface area contributed by atoms with Crippen LogP contribution in [0.5, 0.6) is 11.5 Å². The standard InChI is InChI=1S/C22H30O4/c1-13-11-19(15(3)17(5)21(13)25-9-7-23)20-12-14(2)22(26-10-8-24)18(6)16(20)4/h11-12,23-24H,7-10H2,1-6H3. The average molecular weight is 358 g/mol. The summed E-state index contributed by atoms with van der Waals surface area (Å²) < 4.78 is 11.5. The highest BCUT2D eigenvalue weighted by atomic mass is 16.5. The zero-order valence-corrected chi connectivity index (χ0v) is 16.7. The second-order valence-corrected chi connectivity index (χ2v) is 6.78. The monoisotopic (exact) mass is 358 g/mol. The molecular weight excluding hydrogens is 328 g/mol. The SMILES string of the molecule is Cc1cc(-c2cc(C)c(OCCO)c(C)c2C)c(C)c(C)c1OCCO. The first-order valence-corrected chi connectivity index (χ1v) is 9.02. The highest BCUT2D eigenvalue weighted by Gasteiger charge is 2.17. The van der Waals surface area contributed by atoms with Crippen molar-refractivity contribution in [1.82, 2.24) is 0 Å². The van der Waals surface area contributed by atoms with Crippen molar-refractivity contribution >= 4 is 0 Å². The van der Waals surface area contributed by atoms with Crippen LogP contribution in [0, 0.1) is 41.5 Å². The predicted molar refractivity (Wildman–Crippen MR) is 105 cm³/mol. The minimum Gasteiger partial charge on any atom is -0.491 e. The quantitative estimate of drug-likeness (QED) is 0.787. The average Bonchev–Trinajstić information content (AvgIpc) is 2.61. The van der Waals surface area contributed by atoms with Crippen LogP contribution < -0.4 is 9.47 Å². The lowest BCUT2D eigenvalue weighted by molar-refractivity contribution is 0.200. The van der Waals surface area contributed by atoms with Gasteiger partial charge in [-0.05, 0) is 98.2 Å². The summed E-state index contributed by atoms with van der Waals surface area (Å²) in [7, 11) is 0. The summed E-state index contributed by atoms with van der Waals surface area (Å²) in [6.07, 6.45) is 0. The highest BCUT2D eigenvalue weighted by Crippen LogP contribution is 2.39. The molecule has 0 aromatic heterocycles.